The van der Waals surface area contributed by atoms with Gasteiger partial charge in [-0.3, -0.25) is 4.90 Å². The quantitative estimate of drug-likeness (QED) is 0.633. The minimum atomic E-state index is 1.12. The Morgan fingerprint density at radius 2 is 1.86 bits per heavy atom. The van der Waals surface area contributed by atoms with Gasteiger partial charge in [0.05, 0.1) is 0 Å². The van der Waals surface area contributed by atoms with E-state index in [9.17, 15) is 0 Å². The summed E-state index contributed by atoms with van der Waals surface area (Å²) in [5.74, 6) is 0. The predicted octanol–water partition coefficient (Wildman–Crippen LogP) is 0.154. The third-order valence-electron chi connectivity index (χ3n) is 3.34. The van der Waals surface area contributed by atoms with E-state index in [2.05, 4.69) is 29.1 Å². The molecule has 2 fully saturated rings. The number of likely N-dealkylation sites (N-methyl/N-ethyl adjacent to an activating group) is 1. The maximum Gasteiger partial charge on any atom is 0.0194 e. The lowest BCUT2D eigenvalue weighted by atomic mass is 10.0. The highest BCUT2D eigenvalue weighted by Crippen LogP contribution is 2.11. The molecular weight excluding hydrogens is 174 g/mol. The number of rotatable bonds is 2. The van der Waals surface area contributed by atoms with Gasteiger partial charge in [0.2, 0.25) is 0 Å². The number of hydrogen-bond acceptors (Lipinski definition) is 3. The first-order valence-corrected chi connectivity index (χ1v) is 5.55. The summed E-state index contributed by atoms with van der Waals surface area (Å²) in [7, 11) is 2.21. The summed E-state index contributed by atoms with van der Waals surface area (Å²) in [5.41, 5.74) is 3.22. The van der Waals surface area contributed by atoms with E-state index < -0.39 is 0 Å². The molecule has 3 heteroatoms. The number of nitrogens with one attached hydrogen (secondary N) is 1. The van der Waals surface area contributed by atoms with E-state index in [0.29, 0.717) is 0 Å². The molecule has 2 heterocycles. The Hall–Kier alpha value is -0.380. The summed E-state index contributed by atoms with van der Waals surface area (Å²) in [6.45, 7) is 10.6. The van der Waals surface area contributed by atoms with Crippen molar-refractivity contribution < 1.29 is 0 Å². The van der Waals surface area contributed by atoms with Gasteiger partial charge in [0.15, 0.2) is 0 Å². The van der Waals surface area contributed by atoms with Crippen LogP contribution in [0.3, 0.4) is 0 Å². The van der Waals surface area contributed by atoms with Crippen molar-refractivity contribution in [3.05, 3.63) is 11.1 Å². The minimum Gasteiger partial charge on any atom is -0.309 e. The van der Waals surface area contributed by atoms with Gasteiger partial charge >= 0.3 is 0 Å². The van der Waals surface area contributed by atoms with Crippen LogP contribution in [-0.4, -0.2) is 62.7 Å². The zero-order valence-electron chi connectivity index (χ0n) is 9.34. The lowest BCUT2D eigenvalue weighted by Gasteiger charge is -2.33. The molecule has 2 rings (SSSR count). The van der Waals surface area contributed by atoms with E-state index in [4.69, 9.17) is 0 Å². The van der Waals surface area contributed by atoms with E-state index in [1.54, 1.807) is 11.1 Å². The maximum absolute atomic E-state index is 3.30. The Morgan fingerprint density at radius 3 is 2.36 bits per heavy atom. The molecule has 0 aliphatic carbocycles. The van der Waals surface area contributed by atoms with Crippen LogP contribution in [0.15, 0.2) is 11.1 Å². The van der Waals surface area contributed by atoms with Crippen molar-refractivity contribution in [1.29, 1.82) is 0 Å². The second-order valence-electron chi connectivity index (χ2n) is 4.57. The molecule has 2 saturated heterocycles. The Balaban J connectivity index is 1.80. The standard InChI is InChI=1S/C11H21N3/c1-10(11-7-12-8-11)9-14-5-3-13(2)4-6-14/h12H,3-9H2,1-2H3. The summed E-state index contributed by atoms with van der Waals surface area (Å²) >= 11 is 0. The third-order valence-corrected chi connectivity index (χ3v) is 3.34. The molecule has 0 spiro atoms. The van der Waals surface area contributed by atoms with Crippen LogP contribution < -0.4 is 5.32 Å². The second-order valence-corrected chi connectivity index (χ2v) is 4.57. The first-order valence-electron chi connectivity index (χ1n) is 5.55. The summed E-state index contributed by atoms with van der Waals surface area (Å²) in [6.07, 6.45) is 0. The van der Waals surface area contributed by atoms with Crippen LogP contribution >= 0.6 is 0 Å². The highest BCUT2D eigenvalue weighted by molar-refractivity contribution is 5.22. The predicted molar refractivity (Wildman–Crippen MR) is 59.5 cm³/mol. The Morgan fingerprint density at radius 1 is 1.21 bits per heavy atom. The van der Waals surface area contributed by atoms with Gasteiger partial charge in [0, 0.05) is 45.8 Å². The van der Waals surface area contributed by atoms with Crippen molar-refractivity contribution in [2.75, 3.05) is 52.9 Å². The van der Waals surface area contributed by atoms with Gasteiger partial charge in [-0.15, -0.1) is 0 Å². The highest BCUT2D eigenvalue weighted by Gasteiger charge is 2.16. The number of piperazine rings is 1. The average molecular weight is 195 g/mol. The summed E-state index contributed by atoms with van der Waals surface area (Å²) < 4.78 is 0. The zero-order valence-corrected chi connectivity index (χ0v) is 9.34. The van der Waals surface area contributed by atoms with Crippen molar-refractivity contribution in [3.63, 3.8) is 0 Å². The first-order chi connectivity index (χ1) is 6.75. The molecule has 0 aromatic carbocycles. The second kappa shape index (κ2) is 4.43. The van der Waals surface area contributed by atoms with Gasteiger partial charge in [0.25, 0.3) is 0 Å². The Labute approximate surface area is 86.8 Å². The fourth-order valence-corrected chi connectivity index (χ4v) is 2.00. The molecular formula is C11H21N3. The SMILES string of the molecule is CC(CN1CCN(C)CC1)=C1CNC1. The van der Waals surface area contributed by atoms with Crippen LogP contribution in [0, 0.1) is 0 Å². The molecule has 80 valence electrons. The maximum atomic E-state index is 3.30. The molecule has 0 unspecified atom stereocenters. The van der Waals surface area contributed by atoms with Gasteiger partial charge < -0.3 is 10.2 Å². The van der Waals surface area contributed by atoms with Crippen LogP contribution in [0.5, 0.6) is 0 Å². The van der Waals surface area contributed by atoms with Crippen LogP contribution in [0.1, 0.15) is 6.92 Å². The summed E-state index contributed by atoms with van der Waals surface area (Å²) in [6, 6.07) is 0. The molecule has 0 aromatic rings. The minimum absolute atomic E-state index is 1.12. The molecule has 0 amide bonds. The highest BCUT2D eigenvalue weighted by atomic mass is 15.2. The first kappa shape index (κ1) is 10.1. The van der Waals surface area contributed by atoms with E-state index in [0.717, 1.165) is 13.1 Å². The summed E-state index contributed by atoms with van der Waals surface area (Å²) in [4.78, 5) is 4.98. The fraction of sp³-hybridized carbons (Fsp3) is 0.818. The lowest BCUT2D eigenvalue weighted by Crippen LogP contribution is -2.45. The van der Waals surface area contributed by atoms with Crippen molar-refractivity contribution >= 4 is 0 Å². The number of nitrogens with zero attached hydrogens (tertiary/aromatic N) is 2. The topological polar surface area (TPSA) is 18.5 Å². The Kier molecular flexibility index (Phi) is 3.21. The molecule has 0 aromatic heterocycles. The normalized spacial score (nSPS) is 24.9. The van der Waals surface area contributed by atoms with Crippen molar-refractivity contribution in [1.82, 2.24) is 15.1 Å². The van der Waals surface area contributed by atoms with Crippen LogP contribution in [0.2, 0.25) is 0 Å². The number of hydrogen-bond donors (Lipinski definition) is 1. The lowest BCUT2D eigenvalue weighted by molar-refractivity contribution is 0.163. The van der Waals surface area contributed by atoms with Gasteiger partial charge in [-0.05, 0) is 19.5 Å². The average Bonchev–Trinajstić information content (AvgIpc) is 2.06. The van der Waals surface area contributed by atoms with E-state index in [1.807, 2.05) is 0 Å². The van der Waals surface area contributed by atoms with Crippen molar-refractivity contribution in [2.24, 2.45) is 0 Å². The van der Waals surface area contributed by atoms with Gasteiger partial charge in [-0.1, -0.05) is 5.57 Å². The third kappa shape index (κ3) is 2.35. The summed E-state index contributed by atoms with van der Waals surface area (Å²) in [5, 5.41) is 3.30. The molecule has 0 radical (unpaired) electrons. The fourth-order valence-electron chi connectivity index (χ4n) is 2.00. The van der Waals surface area contributed by atoms with Crippen LogP contribution in [0.4, 0.5) is 0 Å². The molecule has 3 nitrogen and oxygen atoms in total. The molecule has 2 aliphatic heterocycles. The Bertz CT molecular complexity index is 221. The van der Waals surface area contributed by atoms with Gasteiger partial charge in [-0.25, -0.2) is 0 Å². The largest absolute Gasteiger partial charge is 0.309 e. The van der Waals surface area contributed by atoms with Gasteiger partial charge in [-0.2, -0.15) is 0 Å². The van der Waals surface area contributed by atoms with E-state index in [1.165, 1.54) is 32.7 Å². The molecule has 0 atom stereocenters. The molecule has 2 aliphatic rings. The van der Waals surface area contributed by atoms with E-state index >= 15 is 0 Å². The van der Waals surface area contributed by atoms with Gasteiger partial charge in [0.1, 0.15) is 0 Å². The smallest absolute Gasteiger partial charge is 0.0194 e. The zero-order chi connectivity index (χ0) is 9.97. The van der Waals surface area contributed by atoms with Crippen molar-refractivity contribution in [2.45, 2.75) is 6.92 Å². The molecule has 0 saturated carbocycles. The molecule has 1 N–H and O–H groups in total. The van der Waals surface area contributed by atoms with Crippen LogP contribution in [-0.2, 0) is 0 Å². The molecule has 0 bridgehead atoms. The monoisotopic (exact) mass is 195 g/mol. The van der Waals surface area contributed by atoms with E-state index in [-0.39, 0.29) is 0 Å². The van der Waals surface area contributed by atoms with Crippen molar-refractivity contribution in [3.8, 4) is 0 Å². The molecule has 14 heavy (non-hydrogen) atoms. The van der Waals surface area contributed by atoms with Crippen LogP contribution in [0.25, 0.3) is 0 Å².